The van der Waals surface area contributed by atoms with Crippen molar-refractivity contribution < 1.29 is 23.9 Å². The van der Waals surface area contributed by atoms with Gasteiger partial charge in [-0.25, -0.2) is 0 Å². The summed E-state index contributed by atoms with van der Waals surface area (Å²) >= 11 is 24.8. The molecule has 4 atom stereocenters. The summed E-state index contributed by atoms with van der Waals surface area (Å²) in [5, 5.41) is 27.3. The molecule has 0 saturated carbocycles. The second-order valence-corrected chi connectivity index (χ2v) is 20.0. The second-order valence-electron chi connectivity index (χ2n) is 18.4. The Labute approximate surface area is 436 Å². The topological polar surface area (TPSA) is 139 Å². The molecule has 11 nitrogen and oxygen atoms in total. The molecule has 2 aliphatic heterocycles. The van der Waals surface area contributed by atoms with Crippen LogP contribution in [0.1, 0.15) is 81.5 Å². The molecule has 0 spiro atoms. The summed E-state index contributed by atoms with van der Waals surface area (Å²) in [6.07, 6.45) is 1.94. The second kappa shape index (κ2) is 25.5. The molecule has 2 aliphatic rings. The quantitative estimate of drug-likeness (QED) is 0.126. The highest BCUT2D eigenvalue weighted by molar-refractivity contribution is 6.42. The van der Waals surface area contributed by atoms with Crippen molar-refractivity contribution in [1.29, 1.82) is 10.5 Å². The van der Waals surface area contributed by atoms with E-state index >= 15 is 0 Å². The number of ether oxygens (including phenoxy) is 2. The van der Waals surface area contributed by atoms with Gasteiger partial charge in [0.2, 0.25) is 0 Å². The van der Waals surface area contributed by atoms with E-state index in [0.29, 0.717) is 93.2 Å². The maximum absolute atomic E-state index is 14.1. The predicted octanol–water partition coefficient (Wildman–Crippen LogP) is 11.9. The lowest BCUT2D eigenvalue weighted by atomic mass is 9.93. The average Bonchev–Trinajstić information content (AvgIpc) is 3.35. The molecule has 0 aliphatic carbocycles. The zero-order valence-corrected chi connectivity index (χ0v) is 43.8. The van der Waals surface area contributed by atoms with Gasteiger partial charge in [-0.05, 0) is 110 Å². The normalized spacial score (nSPS) is 16.4. The third-order valence-corrected chi connectivity index (χ3v) is 13.8. The van der Waals surface area contributed by atoms with Gasteiger partial charge in [-0.15, -0.1) is 0 Å². The molecule has 2 heterocycles. The zero-order valence-electron chi connectivity index (χ0n) is 40.8. The van der Waals surface area contributed by atoms with Crippen LogP contribution in [0, 0.1) is 34.5 Å². The summed E-state index contributed by atoms with van der Waals surface area (Å²) in [5.74, 6) is 0.321. The van der Waals surface area contributed by atoms with Gasteiger partial charge in [-0.3, -0.25) is 9.59 Å². The number of amides is 2. The van der Waals surface area contributed by atoms with Gasteiger partial charge >= 0.3 is 0 Å². The number of nitriles is 2. The first kappa shape index (κ1) is 54.4. The number of nitrogens with zero attached hydrogens (tertiary/aromatic N) is 5. The highest BCUT2D eigenvalue weighted by atomic mass is 35.5. The lowest BCUT2D eigenvalue weighted by Crippen LogP contribution is -2.41. The number of rotatable bonds is 11. The number of hydrogen-bond acceptors (Lipinski definition) is 9. The maximum atomic E-state index is 14.1. The SMILES string of the molecule is CNC.C[C@H]1COc2c(C#N)cc3ccccc3c2C(=O)N(C[C@@H](CC=O)c2ccc(Cl)c(Cl)c2)C1.C[C@H]1COc2c(C#N)cc3ccccc3c2C(=O)N(C[C@@H](CCN(C)C)c2ccc(Cl)c(Cl)c2)C1. The van der Waals surface area contributed by atoms with Gasteiger partial charge in [0.05, 0.1) is 55.6 Å². The number of fused-ring (bicyclic) bond motifs is 6. The first-order valence-electron chi connectivity index (χ1n) is 23.4. The molecule has 6 aromatic carbocycles. The van der Waals surface area contributed by atoms with Crippen molar-refractivity contribution in [3.63, 3.8) is 0 Å². The van der Waals surface area contributed by atoms with Gasteiger partial charge in [0.15, 0.2) is 0 Å². The van der Waals surface area contributed by atoms with Crippen LogP contribution in [0.5, 0.6) is 11.5 Å². The van der Waals surface area contributed by atoms with E-state index in [1.165, 1.54) is 0 Å². The summed E-state index contributed by atoms with van der Waals surface area (Å²) in [4.78, 5) is 45.3. The van der Waals surface area contributed by atoms with Gasteiger partial charge in [0.25, 0.3) is 11.8 Å². The van der Waals surface area contributed by atoms with Crippen molar-refractivity contribution in [2.75, 3.05) is 74.1 Å². The molecule has 71 heavy (non-hydrogen) atoms. The Morgan fingerprint density at radius 2 is 1.10 bits per heavy atom. The Balaban J connectivity index is 0.000000221. The van der Waals surface area contributed by atoms with Crippen LogP contribution in [0.4, 0.5) is 0 Å². The molecule has 0 aromatic heterocycles. The Morgan fingerprint density at radius 3 is 1.51 bits per heavy atom. The van der Waals surface area contributed by atoms with E-state index in [-0.39, 0.29) is 41.9 Å². The number of carbonyl (C=O) groups is 3. The summed E-state index contributed by atoms with van der Waals surface area (Å²) < 4.78 is 12.1. The third kappa shape index (κ3) is 13.3. The van der Waals surface area contributed by atoms with Crippen LogP contribution in [0.15, 0.2) is 97.1 Å². The fourth-order valence-corrected chi connectivity index (χ4v) is 9.54. The summed E-state index contributed by atoms with van der Waals surface area (Å²) in [7, 11) is 7.83. The highest BCUT2D eigenvalue weighted by Gasteiger charge is 2.33. The molecule has 15 heteroatoms. The van der Waals surface area contributed by atoms with Crippen molar-refractivity contribution >= 4 is 86.0 Å². The minimum atomic E-state index is -0.248. The molecular formula is C56H58Cl4N6O5. The lowest BCUT2D eigenvalue weighted by Gasteiger charge is -2.33. The van der Waals surface area contributed by atoms with Gasteiger partial charge in [-0.1, -0.05) is 121 Å². The molecular weight excluding hydrogens is 978 g/mol. The van der Waals surface area contributed by atoms with E-state index in [0.717, 1.165) is 51.9 Å². The molecule has 370 valence electrons. The first-order chi connectivity index (χ1) is 34.1. The molecule has 0 fully saturated rings. The molecule has 0 radical (unpaired) electrons. The van der Waals surface area contributed by atoms with E-state index in [1.807, 2.05) is 113 Å². The number of aldehydes is 1. The van der Waals surface area contributed by atoms with Crippen molar-refractivity contribution in [1.82, 2.24) is 20.0 Å². The number of halogens is 4. The van der Waals surface area contributed by atoms with Gasteiger partial charge in [0, 0.05) is 56.3 Å². The predicted molar refractivity (Wildman–Crippen MR) is 286 cm³/mol. The van der Waals surface area contributed by atoms with Crippen LogP contribution in [0.25, 0.3) is 21.5 Å². The monoisotopic (exact) mass is 1030 g/mol. The van der Waals surface area contributed by atoms with Crippen LogP contribution in [-0.2, 0) is 4.79 Å². The highest BCUT2D eigenvalue weighted by Crippen LogP contribution is 2.38. The summed E-state index contributed by atoms with van der Waals surface area (Å²) in [6.45, 7) is 7.59. The van der Waals surface area contributed by atoms with Gasteiger partial charge < -0.3 is 34.3 Å². The standard InChI is InChI=1S/C28H29Cl2N3O2.C26H22Cl2N2O3.C2H7N/c1-18-15-33(16-21(10-11-32(2)3)19-8-9-24(29)25(30)13-19)28(34)26-23-7-5-4-6-20(23)12-22(14-31)27(26)35-17-18;1-16-13-30(14-19(8-9-31)17-6-7-22(27)23(28)11-17)26(32)24-21-5-3-2-4-18(21)10-20(12-29)25(24)33-15-16;1-3-2/h4-9,12-13,18,21H,10-11,15-17H2,1-3H3;2-7,9-11,16,19H,8,13-15H2,1H3;3H,1-2H3/t18-,21-;16-,19-;/m11./s1. The molecule has 0 unspecified atom stereocenters. The van der Waals surface area contributed by atoms with E-state index in [9.17, 15) is 24.9 Å². The van der Waals surface area contributed by atoms with Crippen molar-refractivity contribution in [3.8, 4) is 23.6 Å². The Morgan fingerprint density at radius 1 is 0.676 bits per heavy atom. The Bertz CT molecular complexity index is 2970. The van der Waals surface area contributed by atoms with Crippen molar-refractivity contribution in [2.45, 2.75) is 38.5 Å². The van der Waals surface area contributed by atoms with Gasteiger partial charge in [-0.2, -0.15) is 10.5 Å². The van der Waals surface area contributed by atoms with Crippen molar-refractivity contribution in [2.24, 2.45) is 11.8 Å². The van der Waals surface area contributed by atoms with Crippen LogP contribution in [0.3, 0.4) is 0 Å². The average molecular weight is 1040 g/mol. The number of carbonyl (C=O) groups excluding carboxylic acids is 3. The van der Waals surface area contributed by atoms with Crippen LogP contribution in [-0.4, -0.2) is 107 Å². The Hall–Kier alpha value is -5.89. The fraction of sp³-hybridized carbons (Fsp3) is 0.339. The minimum absolute atomic E-state index is 0.0331. The largest absolute Gasteiger partial charge is 0.491 e. The third-order valence-electron chi connectivity index (χ3n) is 12.4. The molecule has 6 aromatic rings. The molecule has 2 amide bonds. The smallest absolute Gasteiger partial charge is 0.258 e. The molecule has 0 saturated heterocycles. The summed E-state index contributed by atoms with van der Waals surface area (Å²) in [5.41, 5.74) is 3.46. The molecule has 8 rings (SSSR count). The maximum Gasteiger partial charge on any atom is 0.258 e. The van der Waals surface area contributed by atoms with Crippen LogP contribution in [0.2, 0.25) is 20.1 Å². The van der Waals surface area contributed by atoms with E-state index in [4.69, 9.17) is 55.9 Å². The molecule has 0 bridgehead atoms. The fourth-order valence-electron chi connectivity index (χ4n) is 8.93. The van der Waals surface area contributed by atoms with E-state index in [2.05, 4.69) is 29.3 Å². The lowest BCUT2D eigenvalue weighted by molar-refractivity contribution is -0.108. The number of benzene rings is 6. The molecule has 1 N–H and O–H groups in total. The van der Waals surface area contributed by atoms with E-state index < -0.39 is 0 Å². The van der Waals surface area contributed by atoms with Gasteiger partial charge in [0.1, 0.15) is 29.9 Å². The van der Waals surface area contributed by atoms with Crippen LogP contribution < -0.4 is 14.8 Å². The van der Waals surface area contributed by atoms with Crippen molar-refractivity contribution in [3.05, 3.63) is 151 Å². The number of nitrogens with one attached hydrogen (secondary N) is 1. The minimum Gasteiger partial charge on any atom is -0.491 e. The Kier molecular flexibility index (Phi) is 19.5. The van der Waals surface area contributed by atoms with Crippen LogP contribution >= 0.6 is 46.4 Å². The zero-order chi connectivity index (χ0) is 51.4. The summed E-state index contributed by atoms with van der Waals surface area (Å²) in [6, 6.07) is 34.1. The first-order valence-corrected chi connectivity index (χ1v) is 25.0. The number of hydrogen-bond donors (Lipinski definition) is 1. The van der Waals surface area contributed by atoms with E-state index in [1.54, 1.807) is 29.2 Å².